The van der Waals surface area contributed by atoms with Crippen molar-refractivity contribution in [3.63, 3.8) is 0 Å². The molecule has 0 unspecified atom stereocenters. The summed E-state index contributed by atoms with van der Waals surface area (Å²) in [4.78, 5) is 19.6. The molecule has 0 saturated heterocycles. The predicted octanol–water partition coefficient (Wildman–Crippen LogP) is 3.33. The molecule has 2 aromatic carbocycles. The molecule has 0 radical (unpaired) electrons. The second-order valence-corrected chi connectivity index (χ2v) is 5.88. The van der Waals surface area contributed by atoms with Crippen LogP contribution in [0.2, 0.25) is 0 Å². The van der Waals surface area contributed by atoms with Gasteiger partial charge in [-0.05, 0) is 42.3 Å². The third-order valence-corrected chi connectivity index (χ3v) is 4.29. The number of benzene rings is 2. The second-order valence-electron chi connectivity index (χ2n) is 5.88. The minimum Gasteiger partial charge on any atom is -0.361 e. The smallest absolute Gasteiger partial charge is 0.251 e. The molecule has 25 heavy (non-hydrogen) atoms. The maximum Gasteiger partial charge on any atom is 0.251 e. The number of aromatic nitrogens is 3. The summed E-state index contributed by atoms with van der Waals surface area (Å²) in [5, 5.41) is 4.19. The van der Waals surface area contributed by atoms with Gasteiger partial charge in [-0.2, -0.15) is 0 Å². The largest absolute Gasteiger partial charge is 0.361 e. The van der Waals surface area contributed by atoms with Crippen LogP contribution in [0.25, 0.3) is 16.6 Å². The Balaban J connectivity index is 1.37. The van der Waals surface area contributed by atoms with E-state index in [2.05, 4.69) is 27.4 Å². The first kappa shape index (κ1) is 15.2. The van der Waals surface area contributed by atoms with Crippen LogP contribution in [0, 0.1) is 0 Å². The number of fused-ring (bicyclic) bond motifs is 1. The quantitative estimate of drug-likeness (QED) is 0.589. The van der Waals surface area contributed by atoms with Gasteiger partial charge in [0.2, 0.25) is 0 Å². The van der Waals surface area contributed by atoms with Gasteiger partial charge in [0.15, 0.2) is 0 Å². The Kier molecular flexibility index (Phi) is 4.04. The number of amides is 1. The molecular formula is C20H18N4O. The van der Waals surface area contributed by atoms with Gasteiger partial charge in [-0.25, -0.2) is 4.98 Å². The van der Waals surface area contributed by atoms with Crippen molar-refractivity contribution >= 4 is 16.8 Å². The molecule has 0 aliphatic heterocycles. The second kappa shape index (κ2) is 6.65. The number of hydrogen-bond acceptors (Lipinski definition) is 2. The van der Waals surface area contributed by atoms with Crippen molar-refractivity contribution < 1.29 is 4.79 Å². The highest BCUT2D eigenvalue weighted by molar-refractivity contribution is 5.94. The van der Waals surface area contributed by atoms with Crippen LogP contribution in [-0.2, 0) is 6.42 Å². The average molecular weight is 330 g/mol. The Bertz CT molecular complexity index is 984. The molecule has 0 atom stereocenters. The molecule has 124 valence electrons. The normalized spacial score (nSPS) is 10.9. The predicted molar refractivity (Wildman–Crippen MR) is 97.9 cm³/mol. The summed E-state index contributed by atoms with van der Waals surface area (Å²) in [5.41, 5.74) is 3.97. The number of carbonyl (C=O) groups is 1. The van der Waals surface area contributed by atoms with E-state index in [0.717, 1.165) is 17.6 Å². The van der Waals surface area contributed by atoms with Crippen molar-refractivity contribution in [2.75, 3.05) is 6.54 Å². The average Bonchev–Trinajstić information content (AvgIpc) is 3.32. The van der Waals surface area contributed by atoms with E-state index in [1.54, 1.807) is 12.5 Å². The lowest BCUT2D eigenvalue weighted by molar-refractivity contribution is 0.0954. The molecule has 0 saturated carbocycles. The topological polar surface area (TPSA) is 62.7 Å². The van der Waals surface area contributed by atoms with Crippen molar-refractivity contribution in [3.8, 4) is 5.69 Å². The third kappa shape index (κ3) is 3.17. The summed E-state index contributed by atoms with van der Waals surface area (Å²) in [6.45, 7) is 0.601. The van der Waals surface area contributed by atoms with Gasteiger partial charge in [0.25, 0.3) is 5.91 Å². The zero-order valence-corrected chi connectivity index (χ0v) is 13.6. The first-order valence-electron chi connectivity index (χ1n) is 8.23. The number of para-hydroxylation sites is 1. The number of nitrogens with one attached hydrogen (secondary N) is 2. The summed E-state index contributed by atoms with van der Waals surface area (Å²) in [7, 11) is 0. The number of imidazole rings is 1. The van der Waals surface area contributed by atoms with Crippen LogP contribution < -0.4 is 5.32 Å². The van der Waals surface area contributed by atoms with E-state index in [1.165, 1.54) is 10.9 Å². The summed E-state index contributed by atoms with van der Waals surface area (Å²) in [5.74, 6) is -0.0583. The van der Waals surface area contributed by atoms with Crippen LogP contribution in [-0.4, -0.2) is 27.0 Å². The van der Waals surface area contributed by atoms with E-state index in [-0.39, 0.29) is 5.91 Å². The molecular weight excluding hydrogens is 312 g/mol. The lowest BCUT2D eigenvalue weighted by Crippen LogP contribution is -2.25. The highest BCUT2D eigenvalue weighted by Gasteiger charge is 2.07. The van der Waals surface area contributed by atoms with Gasteiger partial charge in [-0.15, -0.1) is 0 Å². The number of carbonyl (C=O) groups excluding carboxylic acids is 1. The fourth-order valence-corrected chi connectivity index (χ4v) is 2.95. The van der Waals surface area contributed by atoms with Crippen molar-refractivity contribution in [3.05, 3.63) is 84.6 Å². The van der Waals surface area contributed by atoms with Crippen LogP contribution in [0.3, 0.4) is 0 Å². The molecule has 0 spiro atoms. The molecule has 2 heterocycles. The fourth-order valence-electron chi connectivity index (χ4n) is 2.95. The van der Waals surface area contributed by atoms with Gasteiger partial charge in [-0.3, -0.25) is 4.79 Å². The number of rotatable bonds is 5. The highest BCUT2D eigenvalue weighted by atomic mass is 16.1. The van der Waals surface area contributed by atoms with Crippen molar-refractivity contribution in [2.45, 2.75) is 6.42 Å². The minimum atomic E-state index is -0.0583. The summed E-state index contributed by atoms with van der Waals surface area (Å²) >= 11 is 0. The van der Waals surface area contributed by atoms with E-state index in [9.17, 15) is 4.79 Å². The lowest BCUT2D eigenvalue weighted by atomic mass is 10.1. The van der Waals surface area contributed by atoms with Crippen LogP contribution in [0.5, 0.6) is 0 Å². The monoisotopic (exact) mass is 330 g/mol. The molecule has 0 bridgehead atoms. The third-order valence-electron chi connectivity index (χ3n) is 4.29. The van der Waals surface area contributed by atoms with Crippen LogP contribution in [0.1, 0.15) is 15.9 Å². The zero-order valence-electron chi connectivity index (χ0n) is 13.6. The molecule has 0 fully saturated rings. The Morgan fingerprint density at radius 3 is 2.76 bits per heavy atom. The Morgan fingerprint density at radius 2 is 1.96 bits per heavy atom. The molecule has 5 nitrogen and oxygen atoms in total. The number of hydrogen-bond donors (Lipinski definition) is 2. The van der Waals surface area contributed by atoms with E-state index in [1.807, 2.05) is 53.4 Å². The molecule has 0 aliphatic rings. The summed E-state index contributed by atoms with van der Waals surface area (Å²) in [6.07, 6.45) is 8.14. The summed E-state index contributed by atoms with van der Waals surface area (Å²) in [6, 6.07) is 15.7. The van der Waals surface area contributed by atoms with Gasteiger partial charge >= 0.3 is 0 Å². The molecule has 5 heteroatoms. The molecule has 2 aromatic heterocycles. The first-order valence-corrected chi connectivity index (χ1v) is 8.23. The SMILES string of the molecule is O=C(NCCc1c[nH]c2ccccc12)c1ccc(-n2ccnc2)cc1. The maximum absolute atomic E-state index is 12.3. The van der Waals surface area contributed by atoms with Gasteiger partial charge in [0, 0.05) is 47.3 Å². The van der Waals surface area contributed by atoms with Crippen LogP contribution in [0.4, 0.5) is 0 Å². The maximum atomic E-state index is 12.3. The van der Waals surface area contributed by atoms with E-state index >= 15 is 0 Å². The standard InChI is InChI=1S/C20H18N4O/c25-20(15-5-7-17(8-6-15)24-12-11-21-14-24)22-10-9-16-13-23-19-4-2-1-3-18(16)19/h1-8,11-14,23H,9-10H2,(H,22,25). The van der Waals surface area contributed by atoms with Crippen LogP contribution in [0.15, 0.2) is 73.4 Å². The molecule has 2 N–H and O–H groups in total. The molecule has 0 aliphatic carbocycles. The number of aromatic amines is 1. The van der Waals surface area contributed by atoms with Crippen molar-refractivity contribution in [1.82, 2.24) is 19.9 Å². The highest BCUT2D eigenvalue weighted by Crippen LogP contribution is 2.17. The van der Waals surface area contributed by atoms with Gasteiger partial charge in [-0.1, -0.05) is 18.2 Å². The summed E-state index contributed by atoms with van der Waals surface area (Å²) < 4.78 is 1.90. The fraction of sp³-hybridized carbons (Fsp3) is 0.100. The zero-order chi connectivity index (χ0) is 17.1. The molecule has 4 aromatic rings. The van der Waals surface area contributed by atoms with E-state index in [0.29, 0.717) is 12.1 Å². The van der Waals surface area contributed by atoms with Gasteiger partial charge in [0.1, 0.15) is 0 Å². The van der Waals surface area contributed by atoms with Crippen molar-refractivity contribution in [2.24, 2.45) is 0 Å². The lowest BCUT2D eigenvalue weighted by Gasteiger charge is -2.06. The van der Waals surface area contributed by atoms with Gasteiger partial charge < -0.3 is 14.9 Å². The first-order chi connectivity index (χ1) is 12.3. The number of nitrogens with zero attached hydrogens (tertiary/aromatic N) is 2. The van der Waals surface area contributed by atoms with Gasteiger partial charge in [0.05, 0.1) is 6.33 Å². The Hall–Kier alpha value is -3.34. The minimum absolute atomic E-state index is 0.0583. The van der Waals surface area contributed by atoms with E-state index in [4.69, 9.17) is 0 Å². The Labute approximate surface area is 145 Å². The Morgan fingerprint density at radius 1 is 1.12 bits per heavy atom. The van der Waals surface area contributed by atoms with Crippen LogP contribution >= 0.6 is 0 Å². The van der Waals surface area contributed by atoms with Crippen molar-refractivity contribution in [1.29, 1.82) is 0 Å². The molecule has 1 amide bonds. The molecule has 4 rings (SSSR count). The number of H-pyrrole nitrogens is 1. The van der Waals surface area contributed by atoms with E-state index < -0.39 is 0 Å².